The van der Waals surface area contributed by atoms with Crippen LogP contribution in [0, 0.1) is 5.92 Å². The molecule has 1 saturated carbocycles. The van der Waals surface area contributed by atoms with Crippen LogP contribution in [0.15, 0.2) is 29.4 Å². The number of hydrogen-bond donors (Lipinski definition) is 1. The van der Waals surface area contributed by atoms with Gasteiger partial charge in [-0.15, -0.1) is 0 Å². The normalized spacial score (nSPS) is 24.5. The third-order valence-electron chi connectivity index (χ3n) is 5.29. The number of aromatic nitrogens is 2. The van der Waals surface area contributed by atoms with Crippen LogP contribution in [0.25, 0.3) is 10.9 Å². The summed E-state index contributed by atoms with van der Waals surface area (Å²) in [6, 6.07) is 6.21. The lowest BCUT2D eigenvalue weighted by atomic mass is 9.87. The third kappa shape index (κ3) is 2.56. The van der Waals surface area contributed by atoms with E-state index in [4.69, 9.17) is 5.73 Å². The smallest absolute Gasteiger partial charge is 0.231 e. The van der Waals surface area contributed by atoms with Gasteiger partial charge in [0.2, 0.25) is 5.91 Å². The monoisotopic (exact) mass is 325 g/mol. The largest absolute Gasteiger partial charge is 0.369 e. The van der Waals surface area contributed by atoms with Crippen LogP contribution in [0.4, 0.5) is 0 Å². The quantitative estimate of drug-likeness (QED) is 0.936. The van der Waals surface area contributed by atoms with E-state index in [9.17, 15) is 4.79 Å². The molecule has 0 unspecified atom stereocenters. The number of nitrogens with two attached hydrogens (primary N) is 1. The van der Waals surface area contributed by atoms with Crippen LogP contribution < -0.4 is 5.73 Å². The van der Waals surface area contributed by atoms with Gasteiger partial charge in [0.05, 0.1) is 23.7 Å². The lowest BCUT2D eigenvalue weighted by Gasteiger charge is -2.33. The van der Waals surface area contributed by atoms with E-state index in [0.717, 1.165) is 28.9 Å². The van der Waals surface area contributed by atoms with Gasteiger partial charge in [0.1, 0.15) is 0 Å². The zero-order valence-electron chi connectivity index (χ0n) is 14.2. The average Bonchev–Trinajstić information content (AvgIpc) is 3.29. The van der Waals surface area contributed by atoms with Crippen molar-refractivity contribution in [1.29, 1.82) is 0 Å². The van der Waals surface area contributed by atoms with Gasteiger partial charge in [0.15, 0.2) is 5.96 Å². The maximum atomic E-state index is 12.2. The fourth-order valence-electron chi connectivity index (χ4n) is 3.37. The molecule has 0 radical (unpaired) electrons. The summed E-state index contributed by atoms with van der Waals surface area (Å²) in [5, 5.41) is 5.65. The zero-order chi connectivity index (χ0) is 16.9. The molecule has 1 aromatic carbocycles. The molecular weight excluding hydrogens is 302 g/mol. The maximum absolute atomic E-state index is 12.2. The SMILES string of the molecule is CN1C(=O)C[C@@](C)(c2ccc3cnn(CCC4CC4)c3c2)N=C1N. The number of rotatable bonds is 4. The average molecular weight is 325 g/mol. The lowest BCUT2D eigenvalue weighted by Crippen LogP contribution is -2.47. The second kappa shape index (κ2) is 5.33. The molecular formula is C18H23N5O. The molecule has 1 amide bonds. The predicted octanol–water partition coefficient (Wildman–Crippen LogP) is 2.23. The molecule has 6 nitrogen and oxygen atoms in total. The Bertz CT molecular complexity index is 835. The van der Waals surface area contributed by atoms with Gasteiger partial charge >= 0.3 is 0 Å². The van der Waals surface area contributed by atoms with Crippen molar-refractivity contribution in [3.63, 3.8) is 0 Å². The van der Waals surface area contributed by atoms with Crippen molar-refractivity contribution in [2.45, 2.75) is 44.7 Å². The summed E-state index contributed by atoms with van der Waals surface area (Å²) in [4.78, 5) is 18.2. The Morgan fingerprint density at radius 1 is 1.38 bits per heavy atom. The Hall–Kier alpha value is -2.37. The highest BCUT2D eigenvalue weighted by Crippen LogP contribution is 2.35. The Kier molecular flexibility index (Phi) is 3.37. The molecule has 2 aliphatic rings. The summed E-state index contributed by atoms with van der Waals surface area (Å²) in [7, 11) is 1.66. The van der Waals surface area contributed by atoms with E-state index in [1.807, 2.05) is 19.2 Å². The van der Waals surface area contributed by atoms with Gasteiger partial charge in [-0.25, -0.2) is 4.99 Å². The Morgan fingerprint density at radius 3 is 2.88 bits per heavy atom. The molecule has 0 bridgehead atoms. The lowest BCUT2D eigenvalue weighted by molar-refractivity contribution is -0.128. The van der Waals surface area contributed by atoms with E-state index in [2.05, 4.69) is 26.9 Å². The van der Waals surface area contributed by atoms with Gasteiger partial charge in [-0.05, 0) is 30.9 Å². The Balaban J connectivity index is 1.71. The number of guanidine groups is 1. The van der Waals surface area contributed by atoms with Gasteiger partial charge in [0, 0.05) is 19.0 Å². The minimum atomic E-state index is -0.618. The molecule has 6 heteroatoms. The van der Waals surface area contributed by atoms with Crippen molar-refractivity contribution in [3.05, 3.63) is 30.0 Å². The highest BCUT2D eigenvalue weighted by molar-refractivity contribution is 5.98. The molecule has 2 N–H and O–H groups in total. The van der Waals surface area contributed by atoms with Crippen LogP contribution in [0.3, 0.4) is 0 Å². The van der Waals surface area contributed by atoms with Crippen molar-refractivity contribution in [1.82, 2.24) is 14.7 Å². The summed E-state index contributed by atoms with van der Waals surface area (Å²) < 4.78 is 2.07. The molecule has 2 heterocycles. The second-order valence-electron chi connectivity index (χ2n) is 7.25. The second-order valence-corrected chi connectivity index (χ2v) is 7.25. The number of benzene rings is 1. The van der Waals surface area contributed by atoms with E-state index >= 15 is 0 Å². The number of aliphatic imine (C=N–C) groups is 1. The zero-order valence-corrected chi connectivity index (χ0v) is 14.2. The van der Waals surface area contributed by atoms with Crippen molar-refractivity contribution >= 4 is 22.8 Å². The first-order valence-electron chi connectivity index (χ1n) is 8.54. The van der Waals surface area contributed by atoms with Gasteiger partial charge in [-0.3, -0.25) is 14.4 Å². The Labute approximate surface area is 141 Å². The molecule has 1 aliphatic carbocycles. The third-order valence-corrected chi connectivity index (χ3v) is 5.29. The number of fused-ring (bicyclic) bond motifs is 1. The molecule has 0 spiro atoms. The molecule has 24 heavy (non-hydrogen) atoms. The number of hydrogen-bond acceptors (Lipinski definition) is 4. The van der Waals surface area contributed by atoms with Crippen LogP contribution in [0.1, 0.15) is 38.2 Å². The molecule has 1 aliphatic heterocycles. The fraction of sp³-hybridized carbons (Fsp3) is 0.500. The standard InChI is InChI=1S/C18H23N5O/c1-18(10-16(24)22(2)17(19)21-18)14-6-5-13-11-20-23(15(13)9-14)8-7-12-3-4-12/h5-6,9,11-12H,3-4,7-8,10H2,1-2H3,(H2,19,21)/t18-/m0/s1. The molecule has 126 valence electrons. The summed E-state index contributed by atoms with van der Waals surface area (Å²) in [5.74, 6) is 1.14. The van der Waals surface area contributed by atoms with Crippen LogP contribution in [-0.2, 0) is 16.9 Å². The molecule has 0 saturated heterocycles. The number of carbonyl (C=O) groups excluding carboxylic acids is 1. The first-order chi connectivity index (χ1) is 11.5. The fourth-order valence-corrected chi connectivity index (χ4v) is 3.37. The topological polar surface area (TPSA) is 76.5 Å². The highest BCUT2D eigenvalue weighted by atomic mass is 16.2. The van der Waals surface area contributed by atoms with Crippen LogP contribution in [0.2, 0.25) is 0 Å². The number of nitrogens with zero attached hydrogens (tertiary/aromatic N) is 4. The molecule has 1 fully saturated rings. The van der Waals surface area contributed by atoms with Crippen molar-refractivity contribution < 1.29 is 4.79 Å². The molecule has 1 atom stereocenters. The van der Waals surface area contributed by atoms with E-state index in [1.54, 1.807) is 7.05 Å². The van der Waals surface area contributed by atoms with Crippen molar-refractivity contribution in [2.24, 2.45) is 16.6 Å². The summed E-state index contributed by atoms with van der Waals surface area (Å²) in [5.41, 5.74) is 7.43. The molecule has 4 rings (SSSR count). The number of amides is 1. The maximum Gasteiger partial charge on any atom is 0.231 e. The minimum Gasteiger partial charge on any atom is -0.369 e. The van der Waals surface area contributed by atoms with Gasteiger partial charge in [0.25, 0.3) is 0 Å². The van der Waals surface area contributed by atoms with Crippen LogP contribution in [0.5, 0.6) is 0 Å². The van der Waals surface area contributed by atoms with E-state index in [1.165, 1.54) is 24.2 Å². The summed E-state index contributed by atoms with van der Waals surface area (Å²) in [6.45, 7) is 2.91. The number of aryl methyl sites for hydroxylation is 1. The molecule has 2 aromatic rings. The Morgan fingerprint density at radius 2 is 2.17 bits per heavy atom. The van der Waals surface area contributed by atoms with E-state index < -0.39 is 5.54 Å². The highest BCUT2D eigenvalue weighted by Gasteiger charge is 2.36. The summed E-state index contributed by atoms with van der Waals surface area (Å²) in [6.07, 6.45) is 6.13. The van der Waals surface area contributed by atoms with Crippen LogP contribution >= 0.6 is 0 Å². The van der Waals surface area contributed by atoms with E-state index in [0.29, 0.717) is 6.42 Å². The van der Waals surface area contributed by atoms with Crippen molar-refractivity contribution in [3.8, 4) is 0 Å². The minimum absolute atomic E-state index is 0.00709. The van der Waals surface area contributed by atoms with Gasteiger partial charge < -0.3 is 5.73 Å². The van der Waals surface area contributed by atoms with Gasteiger partial charge in [-0.2, -0.15) is 5.10 Å². The number of carbonyl (C=O) groups is 1. The first-order valence-corrected chi connectivity index (χ1v) is 8.54. The van der Waals surface area contributed by atoms with Crippen molar-refractivity contribution in [2.75, 3.05) is 7.05 Å². The van der Waals surface area contributed by atoms with Crippen LogP contribution in [-0.4, -0.2) is 33.6 Å². The first kappa shape index (κ1) is 15.2. The molecule has 1 aromatic heterocycles. The summed E-state index contributed by atoms with van der Waals surface area (Å²) >= 11 is 0. The van der Waals surface area contributed by atoms with Gasteiger partial charge in [-0.1, -0.05) is 25.0 Å². The van der Waals surface area contributed by atoms with E-state index in [-0.39, 0.29) is 11.9 Å². The predicted molar refractivity (Wildman–Crippen MR) is 93.4 cm³/mol.